The Labute approximate surface area is 116 Å². The second-order valence-corrected chi connectivity index (χ2v) is 4.93. The minimum absolute atomic E-state index is 0.0208. The maximum Gasteiger partial charge on any atom is 0.161 e. The molecule has 0 saturated heterocycles. The SMILES string of the molecule is CCOc1ccc(-c2ncc(CO)s2)cc1OCC. The normalized spacial score (nSPS) is 10.5. The molecular formula is C14H17NO3S. The average molecular weight is 279 g/mol. The zero-order chi connectivity index (χ0) is 13.7. The van der Waals surface area contributed by atoms with Gasteiger partial charge < -0.3 is 14.6 Å². The van der Waals surface area contributed by atoms with Gasteiger partial charge >= 0.3 is 0 Å². The second kappa shape index (κ2) is 6.54. The Hall–Kier alpha value is -1.59. The summed E-state index contributed by atoms with van der Waals surface area (Å²) in [7, 11) is 0. The highest BCUT2D eigenvalue weighted by atomic mass is 32.1. The van der Waals surface area contributed by atoms with Gasteiger partial charge in [0.2, 0.25) is 0 Å². The van der Waals surface area contributed by atoms with Crippen LogP contribution in [0.3, 0.4) is 0 Å². The Bertz CT molecular complexity index is 539. The fourth-order valence-electron chi connectivity index (χ4n) is 1.70. The summed E-state index contributed by atoms with van der Waals surface area (Å²) in [4.78, 5) is 5.15. The molecule has 0 bridgehead atoms. The van der Waals surface area contributed by atoms with Crippen LogP contribution in [0.5, 0.6) is 11.5 Å². The lowest BCUT2D eigenvalue weighted by molar-refractivity contribution is 0.285. The van der Waals surface area contributed by atoms with Crippen LogP contribution in [-0.4, -0.2) is 23.3 Å². The zero-order valence-electron chi connectivity index (χ0n) is 11.0. The maximum atomic E-state index is 9.08. The van der Waals surface area contributed by atoms with E-state index in [-0.39, 0.29) is 6.61 Å². The van der Waals surface area contributed by atoms with E-state index in [4.69, 9.17) is 14.6 Å². The van der Waals surface area contributed by atoms with Gasteiger partial charge in [-0.3, -0.25) is 0 Å². The molecule has 102 valence electrons. The first-order chi connectivity index (χ1) is 9.28. The van der Waals surface area contributed by atoms with Crippen LogP contribution < -0.4 is 9.47 Å². The Morgan fingerprint density at radius 1 is 1.16 bits per heavy atom. The van der Waals surface area contributed by atoms with E-state index in [1.807, 2.05) is 32.0 Å². The fourth-order valence-corrected chi connectivity index (χ4v) is 2.47. The third-order valence-corrected chi connectivity index (χ3v) is 3.53. The van der Waals surface area contributed by atoms with E-state index in [2.05, 4.69) is 4.98 Å². The van der Waals surface area contributed by atoms with Crippen molar-refractivity contribution < 1.29 is 14.6 Å². The number of thiazole rings is 1. The van der Waals surface area contributed by atoms with Gasteiger partial charge in [-0.05, 0) is 32.0 Å². The van der Waals surface area contributed by atoms with Crippen molar-refractivity contribution in [3.8, 4) is 22.1 Å². The Balaban J connectivity index is 2.33. The summed E-state index contributed by atoms with van der Waals surface area (Å²) in [6.07, 6.45) is 1.69. The number of rotatable bonds is 6. The van der Waals surface area contributed by atoms with Crippen molar-refractivity contribution in [3.05, 3.63) is 29.3 Å². The van der Waals surface area contributed by atoms with Gasteiger partial charge in [-0.1, -0.05) is 0 Å². The highest BCUT2D eigenvalue weighted by molar-refractivity contribution is 7.15. The Kier molecular flexibility index (Phi) is 4.76. The van der Waals surface area contributed by atoms with Gasteiger partial charge in [-0.15, -0.1) is 11.3 Å². The summed E-state index contributed by atoms with van der Waals surface area (Å²) in [6.45, 7) is 5.09. The predicted molar refractivity (Wildman–Crippen MR) is 75.8 cm³/mol. The van der Waals surface area contributed by atoms with Gasteiger partial charge in [0.1, 0.15) is 5.01 Å². The van der Waals surface area contributed by atoms with Crippen LogP contribution >= 0.6 is 11.3 Å². The topological polar surface area (TPSA) is 51.6 Å². The third-order valence-electron chi connectivity index (χ3n) is 2.50. The summed E-state index contributed by atoms with van der Waals surface area (Å²) in [5.41, 5.74) is 0.969. The molecule has 2 rings (SSSR count). The monoisotopic (exact) mass is 279 g/mol. The van der Waals surface area contributed by atoms with E-state index in [1.54, 1.807) is 6.20 Å². The van der Waals surface area contributed by atoms with Crippen molar-refractivity contribution in [2.24, 2.45) is 0 Å². The van der Waals surface area contributed by atoms with Crippen LogP contribution in [0.15, 0.2) is 24.4 Å². The van der Waals surface area contributed by atoms with Crippen molar-refractivity contribution in [2.45, 2.75) is 20.5 Å². The first-order valence-corrected chi connectivity index (χ1v) is 7.05. The number of aliphatic hydroxyl groups excluding tert-OH is 1. The molecule has 0 amide bonds. The molecule has 0 unspecified atom stereocenters. The predicted octanol–water partition coefficient (Wildman–Crippen LogP) is 3.10. The van der Waals surface area contributed by atoms with E-state index in [9.17, 15) is 0 Å². The third kappa shape index (κ3) is 3.24. The number of nitrogens with zero attached hydrogens (tertiary/aromatic N) is 1. The number of hydrogen-bond acceptors (Lipinski definition) is 5. The molecule has 1 aromatic heterocycles. The lowest BCUT2D eigenvalue weighted by Crippen LogP contribution is -1.98. The molecule has 19 heavy (non-hydrogen) atoms. The molecule has 1 heterocycles. The molecule has 0 aliphatic carbocycles. The minimum Gasteiger partial charge on any atom is -0.490 e. The second-order valence-electron chi connectivity index (χ2n) is 3.82. The molecule has 1 aromatic carbocycles. The van der Waals surface area contributed by atoms with E-state index in [0.717, 1.165) is 26.9 Å². The number of aromatic nitrogens is 1. The van der Waals surface area contributed by atoms with Crippen molar-refractivity contribution in [3.63, 3.8) is 0 Å². The molecule has 0 spiro atoms. The molecule has 1 N–H and O–H groups in total. The van der Waals surface area contributed by atoms with Crippen LogP contribution in [0.1, 0.15) is 18.7 Å². The van der Waals surface area contributed by atoms with Gasteiger partial charge in [0.25, 0.3) is 0 Å². The van der Waals surface area contributed by atoms with Gasteiger partial charge in [0, 0.05) is 11.8 Å². The average Bonchev–Trinajstić information content (AvgIpc) is 2.90. The maximum absolute atomic E-state index is 9.08. The summed E-state index contributed by atoms with van der Waals surface area (Å²) < 4.78 is 11.1. The molecule has 0 fully saturated rings. The van der Waals surface area contributed by atoms with Crippen molar-refractivity contribution in [1.29, 1.82) is 0 Å². The zero-order valence-corrected chi connectivity index (χ0v) is 11.9. The molecular weight excluding hydrogens is 262 g/mol. The van der Waals surface area contributed by atoms with E-state index in [0.29, 0.717) is 13.2 Å². The van der Waals surface area contributed by atoms with Gasteiger partial charge in [0.05, 0.1) is 24.7 Å². The van der Waals surface area contributed by atoms with E-state index >= 15 is 0 Å². The smallest absolute Gasteiger partial charge is 0.161 e. The lowest BCUT2D eigenvalue weighted by Gasteiger charge is -2.11. The van der Waals surface area contributed by atoms with Gasteiger partial charge in [-0.25, -0.2) is 4.98 Å². The van der Waals surface area contributed by atoms with Crippen molar-refractivity contribution >= 4 is 11.3 Å². The summed E-state index contributed by atoms with van der Waals surface area (Å²) in [5, 5.41) is 9.95. The highest BCUT2D eigenvalue weighted by Gasteiger charge is 2.10. The van der Waals surface area contributed by atoms with E-state index < -0.39 is 0 Å². The first kappa shape index (κ1) is 13.8. The summed E-state index contributed by atoms with van der Waals surface area (Å²) in [6, 6.07) is 5.77. The molecule has 0 radical (unpaired) electrons. The van der Waals surface area contributed by atoms with Crippen LogP contribution in [0.4, 0.5) is 0 Å². The van der Waals surface area contributed by atoms with Crippen LogP contribution in [0.2, 0.25) is 0 Å². The van der Waals surface area contributed by atoms with Crippen LogP contribution in [0.25, 0.3) is 10.6 Å². The minimum atomic E-state index is 0.0208. The molecule has 4 nitrogen and oxygen atoms in total. The number of benzene rings is 1. The molecule has 0 aliphatic heterocycles. The Morgan fingerprint density at radius 2 is 1.89 bits per heavy atom. The number of ether oxygens (including phenoxy) is 2. The largest absolute Gasteiger partial charge is 0.490 e. The van der Waals surface area contributed by atoms with Gasteiger partial charge in [0.15, 0.2) is 11.5 Å². The van der Waals surface area contributed by atoms with Crippen molar-refractivity contribution in [2.75, 3.05) is 13.2 Å². The molecule has 0 saturated carbocycles. The molecule has 5 heteroatoms. The first-order valence-electron chi connectivity index (χ1n) is 6.24. The Morgan fingerprint density at radius 3 is 2.53 bits per heavy atom. The summed E-state index contributed by atoms with van der Waals surface area (Å²) >= 11 is 1.47. The quantitative estimate of drug-likeness (QED) is 0.882. The fraction of sp³-hybridized carbons (Fsp3) is 0.357. The standard InChI is InChI=1S/C14H17NO3S/c1-3-17-12-6-5-10(7-13(12)18-4-2)14-15-8-11(9-16)19-14/h5-8,16H,3-4,9H2,1-2H3. The number of aliphatic hydroxyl groups is 1. The molecule has 0 aliphatic rings. The molecule has 0 atom stereocenters. The summed E-state index contributed by atoms with van der Waals surface area (Å²) in [5.74, 6) is 1.47. The lowest BCUT2D eigenvalue weighted by atomic mass is 10.2. The number of hydrogen-bond donors (Lipinski definition) is 1. The van der Waals surface area contributed by atoms with Crippen molar-refractivity contribution in [1.82, 2.24) is 4.98 Å². The van der Waals surface area contributed by atoms with Gasteiger partial charge in [-0.2, -0.15) is 0 Å². The highest BCUT2D eigenvalue weighted by Crippen LogP contribution is 2.34. The van der Waals surface area contributed by atoms with Crippen LogP contribution in [-0.2, 0) is 6.61 Å². The molecule has 2 aromatic rings. The van der Waals surface area contributed by atoms with E-state index in [1.165, 1.54) is 11.3 Å². The van der Waals surface area contributed by atoms with Crippen LogP contribution in [0, 0.1) is 0 Å².